The number of benzene rings is 2. The van der Waals surface area contributed by atoms with Crippen molar-refractivity contribution in [2.75, 3.05) is 37.0 Å². The second-order valence-electron chi connectivity index (χ2n) is 6.84. The number of fused-ring (bicyclic) bond motifs is 1. The Morgan fingerprint density at radius 1 is 1.20 bits per heavy atom. The number of para-hydroxylation sites is 2. The number of methoxy groups -OCH3 is 1. The molecule has 1 N–H and O–H groups in total. The van der Waals surface area contributed by atoms with E-state index in [0.29, 0.717) is 29.4 Å². The van der Waals surface area contributed by atoms with E-state index in [0.717, 1.165) is 0 Å². The lowest BCUT2D eigenvalue weighted by atomic mass is 10.2. The molecule has 0 spiro atoms. The fourth-order valence-electron chi connectivity index (χ4n) is 3.21. The molecule has 0 saturated carbocycles. The van der Waals surface area contributed by atoms with E-state index in [4.69, 9.17) is 9.47 Å². The maximum absolute atomic E-state index is 12.9. The largest absolute Gasteiger partial charge is 0.497 e. The van der Waals surface area contributed by atoms with Crippen molar-refractivity contribution in [2.45, 2.75) is 20.0 Å². The van der Waals surface area contributed by atoms with Gasteiger partial charge in [-0.05, 0) is 38.1 Å². The van der Waals surface area contributed by atoms with Gasteiger partial charge in [0, 0.05) is 18.3 Å². The normalized spacial score (nSPS) is 15.1. The fraction of sp³-hybridized carbons (Fsp3) is 0.318. The summed E-state index contributed by atoms with van der Waals surface area (Å²) >= 11 is 0. The average molecular weight is 411 g/mol. The van der Waals surface area contributed by atoms with Crippen LogP contribution in [-0.2, 0) is 14.4 Å². The quantitative estimate of drug-likeness (QED) is 0.755. The maximum atomic E-state index is 12.9. The van der Waals surface area contributed by atoms with E-state index in [9.17, 15) is 14.4 Å². The van der Waals surface area contributed by atoms with Crippen molar-refractivity contribution in [3.63, 3.8) is 0 Å². The van der Waals surface area contributed by atoms with E-state index in [1.54, 1.807) is 63.4 Å². The van der Waals surface area contributed by atoms with Gasteiger partial charge in [0.05, 0.1) is 19.3 Å². The predicted octanol–water partition coefficient (Wildman–Crippen LogP) is 2.30. The van der Waals surface area contributed by atoms with E-state index in [1.165, 1.54) is 9.80 Å². The molecule has 0 bridgehead atoms. The van der Waals surface area contributed by atoms with Crippen molar-refractivity contribution < 1.29 is 23.9 Å². The molecular weight excluding hydrogens is 386 g/mol. The van der Waals surface area contributed by atoms with Crippen LogP contribution in [0.5, 0.6) is 11.5 Å². The average Bonchev–Trinajstić information content (AvgIpc) is 2.75. The molecule has 1 heterocycles. The lowest BCUT2D eigenvalue weighted by molar-refractivity contribution is -0.135. The van der Waals surface area contributed by atoms with E-state index < -0.39 is 6.10 Å². The smallest absolute Gasteiger partial charge is 0.268 e. The molecule has 0 radical (unpaired) electrons. The van der Waals surface area contributed by atoms with Crippen molar-refractivity contribution in [3.8, 4) is 11.5 Å². The van der Waals surface area contributed by atoms with Crippen LogP contribution in [0.15, 0.2) is 48.5 Å². The third kappa shape index (κ3) is 4.71. The number of carbonyl (C=O) groups is 3. The number of ether oxygens (including phenoxy) is 2. The summed E-state index contributed by atoms with van der Waals surface area (Å²) in [6, 6.07) is 14.1. The molecule has 2 aromatic rings. The highest BCUT2D eigenvalue weighted by molar-refractivity contribution is 6.04. The minimum absolute atomic E-state index is 0.123. The summed E-state index contributed by atoms with van der Waals surface area (Å²) in [5.74, 6) is 0.223. The molecule has 0 saturated heterocycles. The fourth-order valence-corrected chi connectivity index (χ4v) is 3.21. The number of hydrogen-bond acceptors (Lipinski definition) is 5. The highest BCUT2D eigenvalue weighted by atomic mass is 16.5. The number of hydrogen-bond donors (Lipinski definition) is 1. The summed E-state index contributed by atoms with van der Waals surface area (Å²) in [6.45, 7) is 3.48. The van der Waals surface area contributed by atoms with Crippen molar-refractivity contribution >= 4 is 29.1 Å². The monoisotopic (exact) mass is 411 g/mol. The number of likely N-dealkylation sites (N-methyl/N-ethyl adjacent to an activating group) is 1. The first-order chi connectivity index (χ1) is 14.4. The van der Waals surface area contributed by atoms with E-state index in [2.05, 4.69) is 5.32 Å². The Labute approximate surface area is 175 Å². The Kier molecular flexibility index (Phi) is 6.56. The number of nitrogens with zero attached hydrogens (tertiary/aromatic N) is 2. The van der Waals surface area contributed by atoms with Gasteiger partial charge in [-0.3, -0.25) is 19.3 Å². The Hall–Kier alpha value is -3.55. The molecule has 1 aliphatic heterocycles. The van der Waals surface area contributed by atoms with Crippen LogP contribution >= 0.6 is 0 Å². The molecule has 1 atom stereocenters. The van der Waals surface area contributed by atoms with Gasteiger partial charge in [-0.1, -0.05) is 18.2 Å². The van der Waals surface area contributed by atoms with Crippen LogP contribution in [-0.4, -0.2) is 55.5 Å². The van der Waals surface area contributed by atoms with E-state index in [1.807, 2.05) is 6.07 Å². The Bertz CT molecular complexity index is 946. The van der Waals surface area contributed by atoms with Crippen LogP contribution in [0.3, 0.4) is 0 Å². The summed E-state index contributed by atoms with van der Waals surface area (Å²) in [5, 5.41) is 2.76. The SMILES string of the molecule is CCN(CC(=O)Nc1cccc(OC)c1)C(=O)CN1C(=O)C(C)Oc2ccccc21. The molecule has 158 valence electrons. The third-order valence-electron chi connectivity index (χ3n) is 4.79. The van der Waals surface area contributed by atoms with Crippen LogP contribution in [0.1, 0.15) is 13.8 Å². The van der Waals surface area contributed by atoms with Crippen molar-refractivity contribution in [2.24, 2.45) is 0 Å². The Balaban J connectivity index is 1.67. The van der Waals surface area contributed by atoms with E-state index >= 15 is 0 Å². The highest BCUT2D eigenvalue weighted by Crippen LogP contribution is 2.33. The molecule has 0 fully saturated rings. The molecule has 0 aromatic heterocycles. The second-order valence-corrected chi connectivity index (χ2v) is 6.84. The van der Waals surface area contributed by atoms with Gasteiger partial charge in [-0.2, -0.15) is 0 Å². The first-order valence-corrected chi connectivity index (χ1v) is 9.71. The molecule has 1 unspecified atom stereocenters. The maximum Gasteiger partial charge on any atom is 0.268 e. The molecule has 2 aromatic carbocycles. The molecule has 3 rings (SSSR count). The van der Waals surface area contributed by atoms with Gasteiger partial charge in [-0.25, -0.2) is 0 Å². The Morgan fingerprint density at radius 2 is 1.97 bits per heavy atom. The van der Waals surface area contributed by atoms with Gasteiger partial charge >= 0.3 is 0 Å². The number of carbonyl (C=O) groups excluding carboxylic acids is 3. The lowest BCUT2D eigenvalue weighted by Gasteiger charge is -2.33. The molecule has 8 heteroatoms. The summed E-state index contributed by atoms with van der Waals surface area (Å²) in [5.41, 5.74) is 1.12. The van der Waals surface area contributed by atoms with Crippen LogP contribution in [0, 0.1) is 0 Å². The van der Waals surface area contributed by atoms with Crippen LogP contribution in [0.2, 0.25) is 0 Å². The van der Waals surface area contributed by atoms with Crippen LogP contribution in [0.25, 0.3) is 0 Å². The zero-order valence-corrected chi connectivity index (χ0v) is 17.3. The molecule has 0 aliphatic carbocycles. The Morgan fingerprint density at radius 3 is 2.70 bits per heavy atom. The third-order valence-corrected chi connectivity index (χ3v) is 4.79. The lowest BCUT2D eigenvalue weighted by Crippen LogP contribution is -2.50. The molecular formula is C22H25N3O5. The van der Waals surface area contributed by atoms with Crippen molar-refractivity contribution in [1.29, 1.82) is 0 Å². The van der Waals surface area contributed by atoms with Gasteiger partial charge in [0.2, 0.25) is 11.8 Å². The van der Waals surface area contributed by atoms with Crippen LogP contribution < -0.4 is 19.7 Å². The van der Waals surface area contributed by atoms with Gasteiger partial charge in [0.25, 0.3) is 5.91 Å². The summed E-state index contributed by atoms with van der Waals surface area (Å²) < 4.78 is 10.7. The summed E-state index contributed by atoms with van der Waals surface area (Å²) in [7, 11) is 1.55. The first-order valence-electron chi connectivity index (χ1n) is 9.71. The second kappa shape index (κ2) is 9.30. The van der Waals surface area contributed by atoms with Gasteiger partial charge in [0.15, 0.2) is 6.10 Å². The summed E-state index contributed by atoms with van der Waals surface area (Å²) in [6.07, 6.45) is -0.681. The van der Waals surface area contributed by atoms with E-state index in [-0.39, 0.29) is 30.8 Å². The zero-order valence-electron chi connectivity index (χ0n) is 17.3. The zero-order chi connectivity index (χ0) is 21.7. The first kappa shape index (κ1) is 21.2. The van der Waals surface area contributed by atoms with Crippen molar-refractivity contribution in [3.05, 3.63) is 48.5 Å². The van der Waals surface area contributed by atoms with Gasteiger partial charge in [-0.15, -0.1) is 0 Å². The topological polar surface area (TPSA) is 88.2 Å². The highest BCUT2D eigenvalue weighted by Gasteiger charge is 2.33. The molecule has 1 aliphatic rings. The number of rotatable bonds is 7. The summed E-state index contributed by atoms with van der Waals surface area (Å²) in [4.78, 5) is 40.7. The minimum Gasteiger partial charge on any atom is -0.497 e. The van der Waals surface area contributed by atoms with Gasteiger partial charge in [0.1, 0.15) is 18.0 Å². The number of nitrogens with one attached hydrogen (secondary N) is 1. The van der Waals surface area contributed by atoms with Crippen molar-refractivity contribution in [1.82, 2.24) is 4.90 Å². The molecule has 8 nitrogen and oxygen atoms in total. The van der Waals surface area contributed by atoms with Gasteiger partial charge < -0.3 is 19.7 Å². The minimum atomic E-state index is -0.681. The van der Waals surface area contributed by atoms with Crippen LogP contribution in [0.4, 0.5) is 11.4 Å². The standard InChI is InChI=1S/C22H25N3O5/c1-4-24(13-20(26)23-16-8-7-9-17(12-16)29-3)21(27)14-25-18-10-5-6-11-19(18)30-15(2)22(25)28/h5-12,15H,4,13-14H2,1-3H3,(H,23,26). The molecule has 3 amide bonds. The predicted molar refractivity (Wildman–Crippen MR) is 113 cm³/mol. The number of anilines is 2. The molecule has 30 heavy (non-hydrogen) atoms. The number of amides is 3.